The van der Waals surface area contributed by atoms with E-state index < -0.39 is 0 Å². The van der Waals surface area contributed by atoms with Crippen LogP contribution in [-0.2, 0) is 4.79 Å². The van der Waals surface area contributed by atoms with E-state index >= 15 is 0 Å². The van der Waals surface area contributed by atoms with Crippen LogP contribution in [0.1, 0.15) is 56.6 Å². The summed E-state index contributed by atoms with van der Waals surface area (Å²) in [6, 6.07) is 10.2. The fourth-order valence-corrected chi connectivity index (χ4v) is 4.61. The van der Waals surface area contributed by atoms with Crippen molar-refractivity contribution in [1.29, 1.82) is 5.26 Å². The molecule has 0 radical (unpaired) electrons. The fraction of sp³-hybridized carbons (Fsp3) is 0.560. The number of amides is 1. The molecule has 1 amide bonds. The van der Waals surface area contributed by atoms with Gasteiger partial charge in [0.05, 0.1) is 11.1 Å². The maximum atomic E-state index is 13.0. The second-order valence-electron chi connectivity index (χ2n) is 9.27. The van der Waals surface area contributed by atoms with Gasteiger partial charge >= 0.3 is 0 Å². The minimum Gasteiger partial charge on any atom is -0.345 e. The molecule has 0 saturated carbocycles. The van der Waals surface area contributed by atoms with Crippen LogP contribution in [0.2, 0.25) is 0 Å². The maximum Gasteiger partial charge on any atom is 0.222 e. The predicted molar refractivity (Wildman–Crippen MR) is 121 cm³/mol. The molecule has 1 atom stereocenters. The Morgan fingerprint density at radius 2 is 2.03 bits per heavy atom. The van der Waals surface area contributed by atoms with Crippen molar-refractivity contribution in [3.63, 3.8) is 0 Å². The van der Waals surface area contributed by atoms with Gasteiger partial charge in [-0.2, -0.15) is 5.26 Å². The molecule has 1 aromatic carbocycles. The SMILES string of the molecule is CC(C)CC(CN(C)C(=O)CC1CCN(C)CC1)c1ccc(C#N)c2ncccc12. The Kier molecular flexibility index (Phi) is 7.44. The highest BCUT2D eigenvalue weighted by atomic mass is 16.2. The number of piperidine rings is 1. The van der Waals surface area contributed by atoms with E-state index in [0.29, 0.717) is 30.4 Å². The Morgan fingerprint density at radius 3 is 2.70 bits per heavy atom. The summed E-state index contributed by atoms with van der Waals surface area (Å²) in [5.41, 5.74) is 2.54. The van der Waals surface area contributed by atoms with Gasteiger partial charge < -0.3 is 9.80 Å². The molecule has 1 fully saturated rings. The maximum absolute atomic E-state index is 13.0. The third-order valence-electron chi connectivity index (χ3n) is 6.34. The number of hydrogen-bond acceptors (Lipinski definition) is 4. The molecule has 0 bridgehead atoms. The van der Waals surface area contributed by atoms with Crippen molar-refractivity contribution in [2.75, 3.05) is 33.7 Å². The number of rotatable bonds is 7. The molecule has 160 valence electrons. The van der Waals surface area contributed by atoms with Gasteiger partial charge in [0.2, 0.25) is 5.91 Å². The van der Waals surface area contributed by atoms with Crippen molar-refractivity contribution in [2.24, 2.45) is 11.8 Å². The molecule has 1 aromatic heterocycles. The predicted octanol–water partition coefficient (Wildman–Crippen LogP) is 4.43. The summed E-state index contributed by atoms with van der Waals surface area (Å²) < 4.78 is 0. The number of hydrogen-bond donors (Lipinski definition) is 0. The number of nitriles is 1. The number of aromatic nitrogens is 1. The molecule has 5 nitrogen and oxygen atoms in total. The Hall–Kier alpha value is -2.45. The molecule has 1 unspecified atom stereocenters. The van der Waals surface area contributed by atoms with Crippen LogP contribution >= 0.6 is 0 Å². The van der Waals surface area contributed by atoms with Crippen LogP contribution in [-0.4, -0.2) is 54.4 Å². The Labute approximate surface area is 180 Å². The molecule has 1 saturated heterocycles. The number of nitrogens with zero attached hydrogens (tertiary/aromatic N) is 4. The van der Waals surface area contributed by atoms with Gasteiger partial charge in [0.15, 0.2) is 0 Å². The van der Waals surface area contributed by atoms with Crippen molar-refractivity contribution < 1.29 is 4.79 Å². The molecule has 0 N–H and O–H groups in total. The number of likely N-dealkylation sites (tertiary alicyclic amines) is 1. The second-order valence-corrected chi connectivity index (χ2v) is 9.27. The average molecular weight is 407 g/mol. The van der Waals surface area contributed by atoms with E-state index in [1.165, 1.54) is 5.56 Å². The van der Waals surface area contributed by atoms with E-state index in [2.05, 4.69) is 42.9 Å². The summed E-state index contributed by atoms with van der Waals surface area (Å²) in [6.07, 6.45) is 5.59. The lowest BCUT2D eigenvalue weighted by molar-refractivity contribution is -0.131. The van der Waals surface area contributed by atoms with Crippen LogP contribution < -0.4 is 0 Å². The normalized spacial score (nSPS) is 16.5. The van der Waals surface area contributed by atoms with Crippen LogP contribution in [0, 0.1) is 23.2 Å². The van der Waals surface area contributed by atoms with E-state index in [1.54, 1.807) is 6.20 Å². The molecule has 2 heterocycles. The highest BCUT2D eigenvalue weighted by molar-refractivity contribution is 5.87. The Morgan fingerprint density at radius 1 is 1.30 bits per heavy atom. The zero-order valence-electron chi connectivity index (χ0n) is 18.8. The zero-order chi connectivity index (χ0) is 21.7. The molecule has 30 heavy (non-hydrogen) atoms. The lowest BCUT2D eigenvalue weighted by Crippen LogP contribution is -2.36. The third kappa shape index (κ3) is 5.37. The monoisotopic (exact) mass is 406 g/mol. The molecule has 1 aliphatic rings. The quantitative estimate of drug-likeness (QED) is 0.683. The standard InChI is InChI=1S/C25H34N4O/c1-18(2)14-21(17-29(4)24(30)15-19-9-12-28(3)13-10-19)22-8-7-20(16-26)25-23(22)6-5-11-27-25/h5-8,11,18-19,21H,9-10,12-15,17H2,1-4H3. The number of benzene rings is 1. The van der Waals surface area contributed by atoms with Crippen LogP contribution in [0.3, 0.4) is 0 Å². The van der Waals surface area contributed by atoms with Crippen LogP contribution in [0.5, 0.6) is 0 Å². The summed E-state index contributed by atoms with van der Waals surface area (Å²) in [5, 5.41) is 10.5. The minimum atomic E-state index is 0.218. The van der Waals surface area contributed by atoms with Gasteiger partial charge in [-0.05, 0) is 68.9 Å². The Balaban J connectivity index is 1.79. The van der Waals surface area contributed by atoms with Crippen LogP contribution in [0.4, 0.5) is 0 Å². The number of fused-ring (bicyclic) bond motifs is 1. The first-order valence-corrected chi connectivity index (χ1v) is 11.1. The fourth-order valence-electron chi connectivity index (χ4n) is 4.61. The van der Waals surface area contributed by atoms with E-state index in [4.69, 9.17) is 0 Å². The van der Waals surface area contributed by atoms with Gasteiger partial charge in [0, 0.05) is 37.5 Å². The Bertz CT molecular complexity index is 909. The minimum absolute atomic E-state index is 0.218. The molecular weight excluding hydrogens is 372 g/mol. The number of carbonyl (C=O) groups excluding carboxylic acids is 1. The first kappa shape index (κ1) is 22.2. The summed E-state index contributed by atoms with van der Waals surface area (Å²) in [5.74, 6) is 1.47. The van der Waals surface area contributed by atoms with Gasteiger partial charge in [0.1, 0.15) is 6.07 Å². The average Bonchev–Trinajstić information content (AvgIpc) is 2.73. The van der Waals surface area contributed by atoms with E-state index in [-0.39, 0.29) is 11.8 Å². The molecular formula is C25H34N4O. The molecule has 0 aliphatic carbocycles. The van der Waals surface area contributed by atoms with Crippen molar-refractivity contribution in [2.45, 2.75) is 45.4 Å². The van der Waals surface area contributed by atoms with Crippen LogP contribution in [0.15, 0.2) is 30.5 Å². The zero-order valence-corrected chi connectivity index (χ0v) is 18.8. The van der Waals surface area contributed by atoms with E-state index in [9.17, 15) is 10.1 Å². The van der Waals surface area contributed by atoms with E-state index in [1.807, 2.05) is 30.1 Å². The highest BCUT2D eigenvalue weighted by Gasteiger charge is 2.24. The molecule has 2 aromatic rings. The topological polar surface area (TPSA) is 60.2 Å². The van der Waals surface area contributed by atoms with Crippen molar-refractivity contribution in [3.05, 3.63) is 41.6 Å². The largest absolute Gasteiger partial charge is 0.345 e. The van der Waals surface area contributed by atoms with E-state index in [0.717, 1.165) is 43.3 Å². The molecule has 0 spiro atoms. The first-order chi connectivity index (χ1) is 14.4. The summed E-state index contributed by atoms with van der Waals surface area (Å²) in [7, 11) is 4.09. The van der Waals surface area contributed by atoms with Gasteiger partial charge in [-0.25, -0.2) is 0 Å². The smallest absolute Gasteiger partial charge is 0.222 e. The third-order valence-corrected chi connectivity index (χ3v) is 6.34. The number of carbonyl (C=O) groups is 1. The summed E-state index contributed by atoms with van der Waals surface area (Å²) >= 11 is 0. The van der Waals surface area contributed by atoms with Crippen LogP contribution in [0.25, 0.3) is 10.9 Å². The van der Waals surface area contributed by atoms with Gasteiger partial charge in [-0.15, -0.1) is 0 Å². The first-order valence-electron chi connectivity index (χ1n) is 11.1. The molecule has 5 heteroatoms. The lowest BCUT2D eigenvalue weighted by Gasteiger charge is -2.31. The highest BCUT2D eigenvalue weighted by Crippen LogP contribution is 2.32. The second kappa shape index (κ2) is 10.0. The van der Waals surface area contributed by atoms with Gasteiger partial charge in [-0.3, -0.25) is 9.78 Å². The number of likely N-dealkylation sites (N-methyl/N-ethyl adjacent to an activating group) is 1. The number of pyridine rings is 1. The van der Waals surface area contributed by atoms with Crippen molar-refractivity contribution in [3.8, 4) is 6.07 Å². The van der Waals surface area contributed by atoms with Gasteiger partial charge in [0.25, 0.3) is 0 Å². The molecule has 1 aliphatic heterocycles. The summed E-state index contributed by atoms with van der Waals surface area (Å²) in [4.78, 5) is 21.7. The summed E-state index contributed by atoms with van der Waals surface area (Å²) in [6.45, 7) is 7.30. The van der Waals surface area contributed by atoms with Crippen molar-refractivity contribution >= 4 is 16.8 Å². The lowest BCUT2D eigenvalue weighted by atomic mass is 9.86. The molecule has 3 rings (SSSR count). The van der Waals surface area contributed by atoms with Crippen molar-refractivity contribution in [1.82, 2.24) is 14.8 Å². The van der Waals surface area contributed by atoms with Gasteiger partial charge in [-0.1, -0.05) is 26.0 Å².